The van der Waals surface area contributed by atoms with Crippen LogP contribution in [0.5, 0.6) is 0 Å². The van der Waals surface area contributed by atoms with Gasteiger partial charge in [-0.2, -0.15) is 0 Å². The maximum Gasteiger partial charge on any atom is 0.125 e. The number of anilines is 1. The van der Waals surface area contributed by atoms with Crippen molar-refractivity contribution < 1.29 is 9.13 Å². The van der Waals surface area contributed by atoms with Crippen LogP contribution in [0.4, 0.5) is 10.1 Å². The fourth-order valence-corrected chi connectivity index (χ4v) is 3.25. The van der Waals surface area contributed by atoms with E-state index in [9.17, 15) is 4.39 Å². The number of methoxy groups -OCH3 is 1. The molecule has 0 unspecified atom stereocenters. The van der Waals surface area contributed by atoms with Gasteiger partial charge in [0.05, 0.1) is 12.1 Å². The van der Waals surface area contributed by atoms with Crippen LogP contribution in [0.3, 0.4) is 0 Å². The van der Waals surface area contributed by atoms with E-state index in [0.29, 0.717) is 18.1 Å². The van der Waals surface area contributed by atoms with Crippen molar-refractivity contribution in [3.63, 3.8) is 0 Å². The number of piperidine rings is 1. The molecule has 2 aliphatic rings. The molecule has 1 saturated heterocycles. The number of nitrogens with zero attached hydrogens (tertiary/aromatic N) is 1. The van der Waals surface area contributed by atoms with E-state index in [4.69, 9.17) is 4.74 Å². The van der Waals surface area contributed by atoms with Crippen molar-refractivity contribution in [1.29, 1.82) is 0 Å². The second-order valence-electron chi connectivity index (χ2n) is 4.74. The summed E-state index contributed by atoms with van der Waals surface area (Å²) in [5, 5.41) is 0. The van der Waals surface area contributed by atoms with Crippen molar-refractivity contribution in [2.75, 3.05) is 18.6 Å². The highest BCUT2D eigenvalue weighted by molar-refractivity contribution is 5.50. The molecular weight excluding hydrogens is 205 g/mol. The third kappa shape index (κ3) is 1.42. The van der Waals surface area contributed by atoms with E-state index >= 15 is 0 Å². The van der Waals surface area contributed by atoms with Gasteiger partial charge in [0.1, 0.15) is 5.82 Å². The first-order valence-electron chi connectivity index (χ1n) is 5.84. The Morgan fingerprint density at radius 3 is 2.94 bits per heavy atom. The molecule has 1 heterocycles. The van der Waals surface area contributed by atoms with Crippen molar-refractivity contribution in [2.24, 2.45) is 5.92 Å². The second kappa shape index (κ2) is 3.74. The fraction of sp³-hybridized carbons (Fsp3) is 0.538. The smallest absolute Gasteiger partial charge is 0.125 e. The molecule has 2 nitrogen and oxygen atoms in total. The number of rotatable bonds is 2. The van der Waals surface area contributed by atoms with Crippen LogP contribution in [-0.4, -0.2) is 25.8 Å². The van der Waals surface area contributed by atoms with Crippen molar-refractivity contribution >= 4 is 5.69 Å². The highest BCUT2D eigenvalue weighted by atomic mass is 19.1. The summed E-state index contributed by atoms with van der Waals surface area (Å²) >= 11 is 0. The zero-order valence-electron chi connectivity index (χ0n) is 9.40. The van der Waals surface area contributed by atoms with E-state index in [-0.39, 0.29) is 5.82 Å². The zero-order valence-corrected chi connectivity index (χ0v) is 9.40. The lowest BCUT2D eigenvalue weighted by Gasteiger charge is -2.29. The van der Waals surface area contributed by atoms with Crippen LogP contribution in [0.2, 0.25) is 0 Å². The Balaban J connectivity index is 1.88. The molecule has 0 amide bonds. The van der Waals surface area contributed by atoms with Crippen LogP contribution in [0, 0.1) is 11.7 Å². The number of hydrogen-bond acceptors (Lipinski definition) is 2. The summed E-state index contributed by atoms with van der Waals surface area (Å²) in [4.78, 5) is 2.30. The maximum absolute atomic E-state index is 13.2. The minimum absolute atomic E-state index is 0.158. The van der Waals surface area contributed by atoms with E-state index < -0.39 is 0 Å². The first-order chi connectivity index (χ1) is 7.79. The summed E-state index contributed by atoms with van der Waals surface area (Å²) in [7, 11) is 1.78. The van der Waals surface area contributed by atoms with E-state index in [1.165, 1.54) is 18.9 Å². The Hall–Kier alpha value is -1.09. The Labute approximate surface area is 95.0 Å². The first kappa shape index (κ1) is 10.1. The second-order valence-corrected chi connectivity index (χ2v) is 4.74. The van der Waals surface area contributed by atoms with Crippen LogP contribution in [-0.2, 0) is 4.74 Å². The van der Waals surface area contributed by atoms with Gasteiger partial charge in [-0.15, -0.1) is 0 Å². The molecule has 1 aliphatic carbocycles. The van der Waals surface area contributed by atoms with Crippen LogP contribution >= 0.6 is 0 Å². The topological polar surface area (TPSA) is 12.5 Å². The quantitative estimate of drug-likeness (QED) is 0.760. The van der Waals surface area contributed by atoms with Crippen LogP contribution < -0.4 is 4.90 Å². The largest absolute Gasteiger partial charge is 0.379 e. The Kier molecular flexibility index (Phi) is 2.36. The lowest BCUT2D eigenvalue weighted by molar-refractivity contribution is 0.0854. The van der Waals surface area contributed by atoms with Crippen LogP contribution in [0.1, 0.15) is 12.8 Å². The Morgan fingerprint density at radius 1 is 1.38 bits per heavy atom. The van der Waals surface area contributed by atoms with Gasteiger partial charge < -0.3 is 9.64 Å². The standard InChI is InChI=1S/C13H16FNO/c1-16-13-9-5-6-12(13)15(8-9)11-4-2-3-10(14)7-11/h2-4,7,9,12-13H,5-6,8H2,1H3/t9-,12+,13-/m0/s1. The summed E-state index contributed by atoms with van der Waals surface area (Å²) in [6.07, 6.45) is 2.75. The van der Waals surface area contributed by atoms with Crippen molar-refractivity contribution in [1.82, 2.24) is 0 Å². The molecule has 0 aromatic heterocycles. The predicted molar refractivity (Wildman–Crippen MR) is 61.1 cm³/mol. The number of fused-ring (bicyclic) bond motifs is 2. The van der Waals surface area contributed by atoms with Crippen molar-refractivity contribution in [2.45, 2.75) is 25.0 Å². The van der Waals surface area contributed by atoms with Crippen molar-refractivity contribution in [3.8, 4) is 0 Å². The lowest BCUT2D eigenvalue weighted by Crippen LogP contribution is -2.34. The molecule has 0 spiro atoms. The molecule has 3 heteroatoms. The molecule has 0 N–H and O–H groups in total. The predicted octanol–water partition coefficient (Wildman–Crippen LogP) is 2.44. The van der Waals surface area contributed by atoms with Gasteiger partial charge in [0, 0.05) is 25.3 Å². The summed E-state index contributed by atoms with van der Waals surface area (Å²) < 4.78 is 18.7. The molecule has 0 radical (unpaired) electrons. The highest BCUT2D eigenvalue weighted by Gasteiger charge is 2.47. The Morgan fingerprint density at radius 2 is 2.25 bits per heavy atom. The minimum atomic E-state index is -0.158. The average Bonchev–Trinajstić information content (AvgIpc) is 2.85. The van der Waals surface area contributed by atoms with Gasteiger partial charge in [-0.3, -0.25) is 0 Å². The molecule has 3 rings (SSSR count). The van der Waals surface area contributed by atoms with Gasteiger partial charge in [0.2, 0.25) is 0 Å². The molecule has 1 aromatic rings. The molecule has 1 saturated carbocycles. The summed E-state index contributed by atoms with van der Waals surface area (Å²) in [5.41, 5.74) is 0.995. The molecule has 16 heavy (non-hydrogen) atoms. The number of ether oxygens (including phenoxy) is 1. The molecular formula is C13H16FNO. The van der Waals surface area contributed by atoms with Crippen molar-refractivity contribution in [3.05, 3.63) is 30.1 Å². The van der Waals surface area contributed by atoms with Gasteiger partial charge in [-0.05, 0) is 31.0 Å². The van der Waals surface area contributed by atoms with E-state index in [1.807, 2.05) is 6.07 Å². The highest BCUT2D eigenvalue weighted by Crippen LogP contribution is 2.41. The third-order valence-corrected chi connectivity index (χ3v) is 3.92. The zero-order chi connectivity index (χ0) is 11.1. The molecule has 1 aliphatic heterocycles. The molecule has 3 atom stereocenters. The Bertz CT molecular complexity index is 395. The van der Waals surface area contributed by atoms with Gasteiger partial charge in [0.25, 0.3) is 0 Å². The van der Waals surface area contributed by atoms with Gasteiger partial charge >= 0.3 is 0 Å². The minimum Gasteiger partial charge on any atom is -0.379 e. The molecule has 2 bridgehead atoms. The van der Waals surface area contributed by atoms with Gasteiger partial charge in [-0.1, -0.05) is 6.07 Å². The summed E-state index contributed by atoms with van der Waals surface area (Å²) in [6, 6.07) is 7.31. The lowest BCUT2D eigenvalue weighted by atomic mass is 10.1. The molecule has 2 fully saturated rings. The number of hydrogen-bond donors (Lipinski definition) is 0. The van der Waals surface area contributed by atoms with Crippen LogP contribution in [0.25, 0.3) is 0 Å². The average molecular weight is 221 g/mol. The van der Waals surface area contributed by atoms with Crippen LogP contribution in [0.15, 0.2) is 24.3 Å². The van der Waals surface area contributed by atoms with E-state index in [2.05, 4.69) is 4.90 Å². The SMILES string of the molecule is CO[C@H]1[C@H]2CC[C@H]1N(c1cccc(F)c1)C2. The third-order valence-electron chi connectivity index (χ3n) is 3.92. The summed E-state index contributed by atoms with van der Waals surface area (Å²) in [5.74, 6) is 0.465. The summed E-state index contributed by atoms with van der Waals surface area (Å²) in [6.45, 7) is 1.01. The van der Waals surface area contributed by atoms with Gasteiger partial charge in [-0.25, -0.2) is 4.39 Å². The van der Waals surface area contributed by atoms with E-state index in [0.717, 1.165) is 12.2 Å². The molecule has 86 valence electrons. The normalized spacial score (nSPS) is 32.4. The number of halogens is 1. The monoisotopic (exact) mass is 221 g/mol. The van der Waals surface area contributed by atoms with Gasteiger partial charge in [0.15, 0.2) is 0 Å². The first-order valence-corrected chi connectivity index (χ1v) is 5.84. The maximum atomic E-state index is 13.2. The number of benzene rings is 1. The molecule has 1 aromatic carbocycles. The fourth-order valence-electron chi connectivity index (χ4n) is 3.25. The van der Waals surface area contributed by atoms with E-state index in [1.54, 1.807) is 19.2 Å².